The van der Waals surface area contributed by atoms with E-state index >= 15 is 0 Å². The van der Waals surface area contributed by atoms with Gasteiger partial charge in [-0.3, -0.25) is 0 Å². The number of alkyl halides is 1. The summed E-state index contributed by atoms with van der Waals surface area (Å²) in [7, 11) is 2.19. The summed E-state index contributed by atoms with van der Waals surface area (Å²) in [5.41, 5.74) is 2.59. The van der Waals surface area contributed by atoms with E-state index in [1.54, 1.807) is 0 Å². The molecular weight excluding hydrogens is 286 g/mol. The van der Waals surface area contributed by atoms with Crippen molar-refractivity contribution in [3.63, 3.8) is 0 Å². The van der Waals surface area contributed by atoms with Crippen molar-refractivity contribution in [3.05, 3.63) is 28.8 Å². The summed E-state index contributed by atoms with van der Waals surface area (Å²) in [6.45, 7) is 0. The molecule has 0 radical (unpaired) electrons. The van der Waals surface area contributed by atoms with Gasteiger partial charge in [-0.15, -0.1) is 0 Å². The molecule has 1 aromatic rings. The second-order valence-electron chi connectivity index (χ2n) is 4.46. The fraction of sp³-hybridized carbons (Fsp3) is 0.538. The number of nitrogens with zero attached hydrogens (tertiary/aromatic N) is 1. The lowest BCUT2D eigenvalue weighted by Gasteiger charge is -2.28. The van der Waals surface area contributed by atoms with Crippen molar-refractivity contribution >= 4 is 33.2 Å². The highest BCUT2D eigenvalue weighted by molar-refractivity contribution is 9.08. The molecule has 0 bridgehead atoms. The maximum absolute atomic E-state index is 6.08. The lowest BCUT2D eigenvalue weighted by atomic mass is 10.1. The Morgan fingerprint density at radius 1 is 1.38 bits per heavy atom. The molecule has 0 unspecified atom stereocenters. The van der Waals surface area contributed by atoms with Gasteiger partial charge in [0.15, 0.2) is 0 Å². The Labute approximate surface area is 111 Å². The van der Waals surface area contributed by atoms with Crippen LogP contribution < -0.4 is 4.90 Å². The molecule has 1 fully saturated rings. The zero-order chi connectivity index (χ0) is 11.5. The molecule has 0 atom stereocenters. The number of benzene rings is 1. The van der Waals surface area contributed by atoms with E-state index in [2.05, 4.69) is 40.0 Å². The van der Waals surface area contributed by atoms with Crippen LogP contribution in [0.15, 0.2) is 18.2 Å². The third-order valence-electron chi connectivity index (χ3n) is 3.44. The van der Waals surface area contributed by atoms with Crippen LogP contribution in [0.5, 0.6) is 0 Å². The van der Waals surface area contributed by atoms with Crippen LogP contribution in [0.25, 0.3) is 0 Å². The molecule has 1 aliphatic rings. The summed E-state index contributed by atoms with van der Waals surface area (Å²) in [6, 6.07) is 6.84. The van der Waals surface area contributed by atoms with E-state index in [0.29, 0.717) is 6.04 Å². The van der Waals surface area contributed by atoms with E-state index in [-0.39, 0.29) is 0 Å². The summed E-state index contributed by atoms with van der Waals surface area (Å²) >= 11 is 9.62. The molecule has 0 heterocycles. The molecule has 0 saturated heterocycles. The van der Waals surface area contributed by atoms with Gasteiger partial charge >= 0.3 is 0 Å². The molecule has 2 rings (SSSR count). The lowest BCUT2D eigenvalue weighted by molar-refractivity contribution is 0.652. The van der Waals surface area contributed by atoms with Crippen molar-refractivity contribution in [2.75, 3.05) is 11.9 Å². The number of rotatable bonds is 3. The third kappa shape index (κ3) is 2.54. The van der Waals surface area contributed by atoms with Gasteiger partial charge in [0.25, 0.3) is 0 Å². The van der Waals surface area contributed by atoms with Crippen molar-refractivity contribution in [1.82, 2.24) is 0 Å². The molecule has 0 aromatic heterocycles. The molecule has 16 heavy (non-hydrogen) atoms. The smallest absolute Gasteiger partial charge is 0.0426 e. The summed E-state index contributed by atoms with van der Waals surface area (Å²) in [5.74, 6) is 0. The van der Waals surface area contributed by atoms with Gasteiger partial charge in [0, 0.05) is 29.1 Å². The van der Waals surface area contributed by atoms with Crippen LogP contribution in [-0.4, -0.2) is 13.1 Å². The largest absolute Gasteiger partial charge is 0.371 e. The van der Waals surface area contributed by atoms with Gasteiger partial charge in [0.2, 0.25) is 0 Å². The Morgan fingerprint density at radius 3 is 2.69 bits per heavy atom. The molecule has 3 heteroatoms. The van der Waals surface area contributed by atoms with Crippen molar-refractivity contribution in [1.29, 1.82) is 0 Å². The van der Waals surface area contributed by atoms with Gasteiger partial charge in [-0.2, -0.15) is 0 Å². The van der Waals surface area contributed by atoms with Gasteiger partial charge < -0.3 is 4.90 Å². The summed E-state index contributed by atoms with van der Waals surface area (Å²) in [4.78, 5) is 2.40. The number of anilines is 1. The van der Waals surface area contributed by atoms with Crippen LogP contribution in [0.4, 0.5) is 5.69 Å². The normalized spacial score (nSPS) is 16.7. The first-order chi connectivity index (χ1) is 7.72. The lowest BCUT2D eigenvalue weighted by Crippen LogP contribution is -2.29. The Hall–Kier alpha value is -0.210. The van der Waals surface area contributed by atoms with Crippen LogP contribution in [0.3, 0.4) is 0 Å². The van der Waals surface area contributed by atoms with Crippen molar-refractivity contribution in [3.8, 4) is 0 Å². The second kappa shape index (κ2) is 5.42. The van der Waals surface area contributed by atoms with E-state index in [1.807, 2.05) is 6.07 Å². The summed E-state index contributed by atoms with van der Waals surface area (Å²) in [6.07, 6.45) is 5.34. The molecule has 0 N–H and O–H groups in total. The average molecular weight is 303 g/mol. The fourth-order valence-electron chi connectivity index (χ4n) is 2.47. The maximum atomic E-state index is 6.08. The maximum Gasteiger partial charge on any atom is 0.0426 e. The summed E-state index contributed by atoms with van der Waals surface area (Å²) in [5, 5.41) is 1.71. The first-order valence-corrected chi connectivity index (χ1v) is 7.29. The molecule has 0 amide bonds. The van der Waals surface area contributed by atoms with Crippen molar-refractivity contribution in [2.24, 2.45) is 0 Å². The highest BCUT2D eigenvalue weighted by atomic mass is 79.9. The first kappa shape index (κ1) is 12.3. The summed E-state index contributed by atoms with van der Waals surface area (Å²) < 4.78 is 0. The predicted octanol–water partition coefficient (Wildman–Crippen LogP) is 4.61. The van der Waals surface area contributed by atoms with E-state index in [0.717, 1.165) is 10.4 Å². The van der Waals surface area contributed by atoms with Gasteiger partial charge in [-0.1, -0.05) is 46.4 Å². The minimum absolute atomic E-state index is 0.691. The van der Waals surface area contributed by atoms with Gasteiger partial charge in [0.1, 0.15) is 0 Å². The molecule has 88 valence electrons. The second-order valence-corrected chi connectivity index (χ2v) is 5.45. The number of halogens is 2. The molecule has 1 nitrogen and oxygen atoms in total. The van der Waals surface area contributed by atoms with Crippen molar-refractivity contribution < 1.29 is 0 Å². The van der Waals surface area contributed by atoms with E-state index < -0.39 is 0 Å². The Bertz CT molecular complexity index is 361. The monoisotopic (exact) mass is 301 g/mol. The van der Waals surface area contributed by atoms with E-state index in [1.165, 1.54) is 36.9 Å². The van der Waals surface area contributed by atoms with Crippen LogP contribution in [0.1, 0.15) is 31.2 Å². The standard InChI is InChI=1S/C13H17BrClN/c1-16(12-4-2-3-5-12)13-8-11(15)7-6-10(13)9-14/h6-8,12H,2-5,9H2,1H3. The van der Waals surface area contributed by atoms with Crippen LogP contribution >= 0.6 is 27.5 Å². The Balaban J connectivity index is 2.26. The predicted molar refractivity (Wildman–Crippen MR) is 74.7 cm³/mol. The van der Waals surface area contributed by atoms with E-state index in [9.17, 15) is 0 Å². The van der Waals surface area contributed by atoms with Gasteiger partial charge in [-0.05, 0) is 30.5 Å². The van der Waals surface area contributed by atoms with Gasteiger partial charge in [0.05, 0.1) is 0 Å². The van der Waals surface area contributed by atoms with Gasteiger partial charge in [-0.25, -0.2) is 0 Å². The highest BCUT2D eigenvalue weighted by Gasteiger charge is 2.21. The van der Waals surface area contributed by atoms with Crippen LogP contribution in [0.2, 0.25) is 5.02 Å². The average Bonchev–Trinajstić information content (AvgIpc) is 2.81. The third-order valence-corrected chi connectivity index (χ3v) is 4.28. The first-order valence-electron chi connectivity index (χ1n) is 5.79. The van der Waals surface area contributed by atoms with E-state index in [4.69, 9.17) is 11.6 Å². The molecular formula is C13H17BrClN. The quantitative estimate of drug-likeness (QED) is 0.737. The molecule has 0 spiro atoms. The number of hydrogen-bond acceptors (Lipinski definition) is 1. The number of hydrogen-bond donors (Lipinski definition) is 0. The molecule has 1 saturated carbocycles. The minimum atomic E-state index is 0.691. The minimum Gasteiger partial charge on any atom is -0.371 e. The Kier molecular flexibility index (Phi) is 4.15. The van der Waals surface area contributed by atoms with Crippen LogP contribution in [-0.2, 0) is 5.33 Å². The SMILES string of the molecule is CN(c1cc(Cl)ccc1CBr)C1CCCC1. The molecule has 1 aliphatic carbocycles. The van der Waals surface area contributed by atoms with Crippen LogP contribution in [0, 0.1) is 0 Å². The molecule has 1 aromatic carbocycles. The zero-order valence-corrected chi connectivity index (χ0v) is 11.9. The Morgan fingerprint density at radius 2 is 2.06 bits per heavy atom. The van der Waals surface area contributed by atoms with Crippen molar-refractivity contribution in [2.45, 2.75) is 37.1 Å². The topological polar surface area (TPSA) is 3.24 Å². The fourth-order valence-corrected chi connectivity index (χ4v) is 3.11. The zero-order valence-electron chi connectivity index (χ0n) is 9.55. The molecule has 0 aliphatic heterocycles. The highest BCUT2D eigenvalue weighted by Crippen LogP contribution is 2.31.